The van der Waals surface area contributed by atoms with Gasteiger partial charge in [-0.15, -0.1) is 0 Å². The predicted octanol–water partition coefficient (Wildman–Crippen LogP) is 2.31. The lowest BCUT2D eigenvalue weighted by atomic mass is 10.0. The van der Waals surface area contributed by atoms with Gasteiger partial charge in [-0.25, -0.2) is 0 Å². The Labute approximate surface area is 123 Å². The molecule has 0 radical (unpaired) electrons. The van der Waals surface area contributed by atoms with Gasteiger partial charge in [-0.2, -0.15) is 0 Å². The quantitative estimate of drug-likeness (QED) is 0.565. The summed E-state index contributed by atoms with van der Waals surface area (Å²) in [5.41, 5.74) is 5.81. The van der Waals surface area contributed by atoms with E-state index in [2.05, 4.69) is 5.32 Å². The molecule has 0 aliphatic rings. The molecule has 1 amide bonds. The van der Waals surface area contributed by atoms with E-state index in [0.29, 0.717) is 24.6 Å². The van der Waals surface area contributed by atoms with E-state index in [-0.39, 0.29) is 17.3 Å². The zero-order valence-electron chi connectivity index (χ0n) is 12.3. The van der Waals surface area contributed by atoms with Crippen molar-refractivity contribution in [2.45, 2.75) is 26.2 Å². The van der Waals surface area contributed by atoms with Crippen molar-refractivity contribution in [2.75, 3.05) is 19.0 Å². The molecule has 0 aliphatic carbocycles. The molecule has 1 aromatic carbocycles. The van der Waals surface area contributed by atoms with Crippen molar-refractivity contribution < 1.29 is 14.5 Å². The summed E-state index contributed by atoms with van der Waals surface area (Å²) < 4.78 is 5.07. The van der Waals surface area contributed by atoms with Crippen molar-refractivity contribution in [3.05, 3.63) is 28.3 Å². The van der Waals surface area contributed by atoms with Gasteiger partial charge in [-0.05, 0) is 31.4 Å². The molecule has 0 fully saturated rings. The van der Waals surface area contributed by atoms with Crippen molar-refractivity contribution in [3.8, 4) is 5.75 Å². The van der Waals surface area contributed by atoms with Gasteiger partial charge in [0.05, 0.1) is 23.8 Å². The van der Waals surface area contributed by atoms with Crippen LogP contribution in [-0.4, -0.2) is 24.5 Å². The molecular weight excluding hydrogens is 274 g/mol. The second-order valence-corrected chi connectivity index (χ2v) is 4.91. The third kappa shape index (κ3) is 5.39. The van der Waals surface area contributed by atoms with Crippen LogP contribution < -0.4 is 15.8 Å². The van der Waals surface area contributed by atoms with Gasteiger partial charge >= 0.3 is 0 Å². The van der Waals surface area contributed by atoms with Crippen LogP contribution >= 0.6 is 0 Å². The molecule has 1 atom stereocenters. The Balaban J connectivity index is 2.65. The van der Waals surface area contributed by atoms with Gasteiger partial charge in [0.25, 0.3) is 5.69 Å². The predicted molar refractivity (Wildman–Crippen MR) is 80.3 cm³/mol. The van der Waals surface area contributed by atoms with Crippen LogP contribution in [0.5, 0.6) is 5.75 Å². The molecular formula is C14H21N3O4. The van der Waals surface area contributed by atoms with Crippen LogP contribution in [0.4, 0.5) is 11.4 Å². The molecule has 1 unspecified atom stereocenters. The number of carbonyl (C=O) groups is 1. The molecule has 0 saturated heterocycles. The summed E-state index contributed by atoms with van der Waals surface area (Å²) in [7, 11) is 1.40. The fourth-order valence-electron chi connectivity index (χ4n) is 1.92. The number of nitrogens with one attached hydrogen (secondary N) is 1. The number of carbonyl (C=O) groups excluding carboxylic acids is 1. The van der Waals surface area contributed by atoms with Crippen LogP contribution in [0.25, 0.3) is 0 Å². The average Bonchev–Trinajstić information content (AvgIpc) is 2.45. The Bertz CT molecular complexity index is 505. The van der Waals surface area contributed by atoms with Crippen molar-refractivity contribution in [1.29, 1.82) is 0 Å². The molecule has 7 heteroatoms. The van der Waals surface area contributed by atoms with Gasteiger partial charge in [0.15, 0.2) is 0 Å². The molecule has 116 valence electrons. The summed E-state index contributed by atoms with van der Waals surface area (Å²) in [6, 6.07) is 4.08. The van der Waals surface area contributed by atoms with Crippen molar-refractivity contribution >= 4 is 17.3 Å². The molecule has 0 saturated carbocycles. The molecule has 0 heterocycles. The van der Waals surface area contributed by atoms with Crippen LogP contribution in [0.2, 0.25) is 0 Å². The first-order valence-electron chi connectivity index (χ1n) is 6.80. The highest BCUT2D eigenvalue weighted by molar-refractivity contribution is 5.92. The number of methoxy groups -OCH3 is 1. The van der Waals surface area contributed by atoms with Gasteiger partial charge in [0.1, 0.15) is 5.75 Å². The third-order valence-corrected chi connectivity index (χ3v) is 3.19. The Hall–Kier alpha value is -2.15. The van der Waals surface area contributed by atoms with E-state index >= 15 is 0 Å². The standard InChI is InChI=1S/C14H21N3O4/c1-10(7-8-15)3-6-14(18)16-12-5-4-11(17(19)20)9-13(12)21-2/h4-5,9-10H,3,6-8,15H2,1-2H3,(H,16,18). The van der Waals surface area contributed by atoms with Gasteiger partial charge < -0.3 is 15.8 Å². The first kappa shape index (κ1) is 16.9. The maximum Gasteiger partial charge on any atom is 0.273 e. The number of rotatable bonds is 8. The number of nitro groups is 1. The summed E-state index contributed by atoms with van der Waals surface area (Å²) in [6.45, 7) is 2.66. The highest BCUT2D eigenvalue weighted by atomic mass is 16.6. The van der Waals surface area contributed by atoms with E-state index in [1.807, 2.05) is 6.92 Å². The fraction of sp³-hybridized carbons (Fsp3) is 0.500. The Morgan fingerprint density at radius 2 is 2.19 bits per heavy atom. The monoisotopic (exact) mass is 295 g/mol. The molecule has 0 aromatic heterocycles. The maximum atomic E-state index is 11.9. The smallest absolute Gasteiger partial charge is 0.273 e. The molecule has 1 rings (SSSR count). The van der Waals surface area contributed by atoms with E-state index in [0.717, 1.165) is 12.8 Å². The number of hydrogen-bond donors (Lipinski definition) is 2. The number of ether oxygens (including phenoxy) is 1. The molecule has 1 aromatic rings. The lowest BCUT2D eigenvalue weighted by Gasteiger charge is -2.12. The van der Waals surface area contributed by atoms with Crippen LogP contribution in [0.15, 0.2) is 18.2 Å². The van der Waals surface area contributed by atoms with Crippen LogP contribution in [0, 0.1) is 16.0 Å². The van der Waals surface area contributed by atoms with Crippen LogP contribution in [0.3, 0.4) is 0 Å². The minimum absolute atomic E-state index is 0.0820. The number of nitrogens with zero attached hydrogens (tertiary/aromatic N) is 1. The van der Waals surface area contributed by atoms with Gasteiger partial charge in [-0.3, -0.25) is 14.9 Å². The lowest BCUT2D eigenvalue weighted by molar-refractivity contribution is -0.384. The number of nitro benzene ring substituents is 1. The minimum atomic E-state index is -0.511. The molecule has 21 heavy (non-hydrogen) atoms. The van der Waals surface area contributed by atoms with Crippen LogP contribution in [-0.2, 0) is 4.79 Å². The number of nitrogens with two attached hydrogens (primary N) is 1. The van der Waals surface area contributed by atoms with Crippen LogP contribution in [0.1, 0.15) is 26.2 Å². The van der Waals surface area contributed by atoms with E-state index in [4.69, 9.17) is 10.5 Å². The maximum absolute atomic E-state index is 11.9. The Kier molecular flexibility index (Phi) is 6.61. The Morgan fingerprint density at radius 3 is 2.76 bits per heavy atom. The summed E-state index contributed by atoms with van der Waals surface area (Å²) >= 11 is 0. The summed E-state index contributed by atoms with van der Waals surface area (Å²) in [5.74, 6) is 0.512. The molecule has 3 N–H and O–H groups in total. The van der Waals surface area contributed by atoms with E-state index in [9.17, 15) is 14.9 Å². The normalized spacial score (nSPS) is 11.8. The number of amides is 1. The molecule has 0 bridgehead atoms. The topological polar surface area (TPSA) is 107 Å². The van der Waals surface area contributed by atoms with Crippen molar-refractivity contribution in [3.63, 3.8) is 0 Å². The second kappa shape index (κ2) is 8.21. The average molecular weight is 295 g/mol. The number of hydrogen-bond acceptors (Lipinski definition) is 5. The molecule has 7 nitrogen and oxygen atoms in total. The fourth-order valence-corrected chi connectivity index (χ4v) is 1.92. The van der Waals surface area contributed by atoms with Crippen molar-refractivity contribution in [2.24, 2.45) is 11.7 Å². The first-order chi connectivity index (χ1) is 9.97. The van der Waals surface area contributed by atoms with Gasteiger partial charge in [0, 0.05) is 12.5 Å². The van der Waals surface area contributed by atoms with E-state index in [1.165, 1.54) is 25.3 Å². The first-order valence-corrected chi connectivity index (χ1v) is 6.80. The molecule has 0 aliphatic heterocycles. The second-order valence-electron chi connectivity index (χ2n) is 4.91. The lowest BCUT2D eigenvalue weighted by Crippen LogP contribution is -2.14. The SMILES string of the molecule is COc1cc([N+](=O)[O-])ccc1NC(=O)CCC(C)CCN. The number of non-ortho nitro benzene ring substituents is 1. The zero-order valence-corrected chi connectivity index (χ0v) is 12.3. The third-order valence-electron chi connectivity index (χ3n) is 3.19. The zero-order chi connectivity index (χ0) is 15.8. The largest absolute Gasteiger partial charge is 0.494 e. The highest BCUT2D eigenvalue weighted by Crippen LogP contribution is 2.29. The van der Waals surface area contributed by atoms with E-state index < -0.39 is 4.92 Å². The van der Waals surface area contributed by atoms with Gasteiger partial charge in [0.2, 0.25) is 5.91 Å². The summed E-state index contributed by atoms with van der Waals surface area (Å²) in [6.07, 6.45) is 2.01. The summed E-state index contributed by atoms with van der Waals surface area (Å²) in [5, 5.41) is 13.4. The summed E-state index contributed by atoms with van der Waals surface area (Å²) in [4.78, 5) is 22.1. The Morgan fingerprint density at radius 1 is 1.48 bits per heavy atom. The highest BCUT2D eigenvalue weighted by Gasteiger charge is 2.13. The minimum Gasteiger partial charge on any atom is -0.494 e. The van der Waals surface area contributed by atoms with E-state index in [1.54, 1.807) is 0 Å². The van der Waals surface area contributed by atoms with Gasteiger partial charge in [-0.1, -0.05) is 6.92 Å². The molecule has 0 spiro atoms. The number of benzene rings is 1. The number of anilines is 1. The van der Waals surface area contributed by atoms with Crippen molar-refractivity contribution in [1.82, 2.24) is 0 Å².